The number of imidazole rings is 1. The highest BCUT2D eigenvalue weighted by Gasteiger charge is 2.17. The first-order valence-corrected chi connectivity index (χ1v) is 8.51. The zero-order valence-electron chi connectivity index (χ0n) is 14.7. The number of nitrogen functional groups attached to an aromatic ring is 1. The summed E-state index contributed by atoms with van der Waals surface area (Å²) < 4.78 is 12.3. The summed E-state index contributed by atoms with van der Waals surface area (Å²) in [4.78, 5) is 34.1. The monoisotopic (exact) mass is 351 g/mol. The lowest BCUT2D eigenvalue weighted by Crippen LogP contribution is -2.20. The van der Waals surface area contributed by atoms with Crippen molar-refractivity contribution >= 4 is 23.1 Å². The summed E-state index contributed by atoms with van der Waals surface area (Å²) in [6, 6.07) is 0. The van der Waals surface area contributed by atoms with Crippen LogP contribution >= 0.6 is 0 Å². The number of nitrogens with two attached hydrogens (primary N) is 1. The van der Waals surface area contributed by atoms with Gasteiger partial charge in [0.05, 0.1) is 18.9 Å². The van der Waals surface area contributed by atoms with E-state index in [1.54, 1.807) is 4.57 Å². The molecule has 0 aliphatic heterocycles. The Hall–Kier alpha value is -2.42. The normalized spacial score (nSPS) is 11.3. The fourth-order valence-electron chi connectivity index (χ4n) is 2.62. The van der Waals surface area contributed by atoms with Crippen LogP contribution in [0.1, 0.15) is 39.5 Å². The van der Waals surface area contributed by atoms with Crippen LogP contribution in [0.5, 0.6) is 0 Å². The fraction of sp³-hybridized carbons (Fsp3) is 0.625. The number of carbonyl (C=O) groups is 1. The van der Waals surface area contributed by atoms with Crippen LogP contribution in [0.4, 0.5) is 5.95 Å². The van der Waals surface area contributed by atoms with Crippen LogP contribution in [-0.2, 0) is 21.0 Å². The third kappa shape index (κ3) is 5.02. The van der Waals surface area contributed by atoms with Gasteiger partial charge < -0.3 is 15.2 Å². The Morgan fingerprint density at radius 1 is 1.32 bits per heavy atom. The molecule has 0 saturated carbocycles. The zero-order chi connectivity index (χ0) is 18.2. The van der Waals surface area contributed by atoms with E-state index in [4.69, 9.17) is 15.2 Å². The smallest absolute Gasteiger partial charge is 0.309 e. The molecule has 0 aliphatic carbocycles. The van der Waals surface area contributed by atoms with Gasteiger partial charge in [-0.2, -0.15) is 4.98 Å². The van der Waals surface area contributed by atoms with Crippen LogP contribution in [0.15, 0.2) is 11.1 Å². The van der Waals surface area contributed by atoms with Crippen LogP contribution in [0, 0.1) is 5.92 Å². The summed E-state index contributed by atoms with van der Waals surface area (Å²) in [5.41, 5.74) is 5.69. The molecule has 0 saturated heterocycles. The Morgan fingerprint density at radius 3 is 2.72 bits per heavy atom. The van der Waals surface area contributed by atoms with Gasteiger partial charge in [-0.15, -0.1) is 0 Å². The molecule has 0 bridgehead atoms. The Bertz CT molecular complexity index is 749. The number of ether oxygens (including phenoxy) is 2. The molecule has 0 aromatic carbocycles. The first kappa shape index (κ1) is 18.9. The fourth-order valence-corrected chi connectivity index (χ4v) is 2.62. The average Bonchev–Trinajstić information content (AvgIpc) is 2.97. The summed E-state index contributed by atoms with van der Waals surface area (Å²) >= 11 is 0. The second-order valence-corrected chi connectivity index (χ2v) is 5.82. The summed E-state index contributed by atoms with van der Waals surface area (Å²) in [6.07, 6.45) is 5.06. The number of rotatable bonds is 10. The molecule has 0 amide bonds. The standard InChI is InChI=1S/C16H25N5O4/c1-3-5-11(6-4-2)15(23)25-8-7-24-10-21-9-18-12-13(21)19-16(17)20-14(12)22/h9,11H,3-8,10H2,1-2H3,(H3,17,19,20,22). The quantitative estimate of drug-likeness (QED) is 0.490. The molecule has 3 N–H and O–H groups in total. The minimum absolute atomic E-state index is 0.0195. The van der Waals surface area contributed by atoms with E-state index >= 15 is 0 Å². The van der Waals surface area contributed by atoms with E-state index in [-0.39, 0.29) is 43.3 Å². The maximum atomic E-state index is 12.0. The highest BCUT2D eigenvalue weighted by Crippen LogP contribution is 2.15. The molecule has 0 atom stereocenters. The Balaban J connectivity index is 1.80. The molecule has 0 spiro atoms. The second kappa shape index (κ2) is 9.16. The van der Waals surface area contributed by atoms with Crippen molar-refractivity contribution in [2.75, 3.05) is 18.9 Å². The molecule has 9 heteroatoms. The van der Waals surface area contributed by atoms with E-state index in [0.29, 0.717) is 5.65 Å². The number of esters is 1. The van der Waals surface area contributed by atoms with Gasteiger partial charge in [-0.05, 0) is 12.8 Å². The molecule has 0 unspecified atom stereocenters. The number of fused-ring (bicyclic) bond motifs is 1. The van der Waals surface area contributed by atoms with Crippen molar-refractivity contribution in [1.29, 1.82) is 0 Å². The van der Waals surface area contributed by atoms with Crippen molar-refractivity contribution in [1.82, 2.24) is 19.5 Å². The number of nitrogens with one attached hydrogen (secondary N) is 1. The van der Waals surface area contributed by atoms with Gasteiger partial charge in [-0.3, -0.25) is 19.1 Å². The van der Waals surface area contributed by atoms with Crippen molar-refractivity contribution in [3.8, 4) is 0 Å². The lowest BCUT2D eigenvalue weighted by atomic mass is 9.99. The van der Waals surface area contributed by atoms with Crippen LogP contribution in [0.25, 0.3) is 11.2 Å². The molecule has 0 aliphatic rings. The minimum atomic E-state index is -0.395. The van der Waals surface area contributed by atoms with Crippen molar-refractivity contribution in [2.24, 2.45) is 5.92 Å². The molecular weight excluding hydrogens is 326 g/mol. The van der Waals surface area contributed by atoms with Gasteiger partial charge in [0.2, 0.25) is 5.95 Å². The maximum Gasteiger partial charge on any atom is 0.309 e. The van der Waals surface area contributed by atoms with Gasteiger partial charge >= 0.3 is 5.97 Å². The number of carbonyl (C=O) groups excluding carboxylic acids is 1. The van der Waals surface area contributed by atoms with Gasteiger partial charge in [0.1, 0.15) is 13.3 Å². The summed E-state index contributed by atoms with van der Waals surface area (Å²) in [5, 5.41) is 0. The molecule has 2 heterocycles. The summed E-state index contributed by atoms with van der Waals surface area (Å²) in [6.45, 7) is 4.68. The number of nitrogens with zero attached hydrogens (tertiary/aromatic N) is 3. The summed E-state index contributed by atoms with van der Waals surface area (Å²) in [7, 11) is 0. The second-order valence-electron chi connectivity index (χ2n) is 5.82. The number of H-pyrrole nitrogens is 1. The topological polar surface area (TPSA) is 125 Å². The average molecular weight is 351 g/mol. The molecule has 2 rings (SSSR count). The van der Waals surface area contributed by atoms with E-state index in [2.05, 4.69) is 28.8 Å². The highest BCUT2D eigenvalue weighted by molar-refractivity contribution is 5.72. The molecule has 2 aromatic rings. The number of anilines is 1. The Kier molecular flexibility index (Phi) is 6.93. The molecule has 0 fully saturated rings. The van der Waals surface area contributed by atoms with Crippen molar-refractivity contribution < 1.29 is 14.3 Å². The predicted octanol–water partition coefficient (Wildman–Crippen LogP) is 1.44. The molecule has 9 nitrogen and oxygen atoms in total. The van der Waals surface area contributed by atoms with Crippen LogP contribution in [-0.4, -0.2) is 38.7 Å². The predicted molar refractivity (Wildman–Crippen MR) is 92.8 cm³/mol. The maximum absolute atomic E-state index is 12.0. The highest BCUT2D eigenvalue weighted by atomic mass is 16.6. The van der Waals surface area contributed by atoms with Crippen LogP contribution in [0.3, 0.4) is 0 Å². The zero-order valence-corrected chi connectivity index (χ0v) is 14.7. The minimum Gasteiger partial charge on any atom is -0.463 e. The SMILES string of the molecule is CCCC(CCC)C(=O)OCCOCn1cnc2c(=O)[nH]c(N)nc21. The number of aromatic amines is 1. The molecular formula is C16H25N5O4. The Morgan fingerprint density at radius 2 is 2.04 bits per heavy atom. The molecule has 0 radical (unpaired) electrons. The molecule has 138 valence electrons. The Labute approximate surface area is 145 Å². The van der Waals surface area contributed by atoms with Crippen molar-refractivity contribution in [3.05, 3.63) is 16.7 Å². The van der Waals surface area contributed by atoms with E-state index in [0.717, 1.165) is 25.7 Å². The van der Waals surface area contributed by atoms with Gasteiger partial charge in [-0.1, -0.05) is 26.7 Å². The largest absolute Gasteiger partial charge is 0.463 e. The molecule has 25 heavy (non-hydrogen) atoms. The first-order valence-electron chi connectivity index (χ1n) is 8.51. The van der Waals surface area contributed by atoms with Gasteiger partial charge in [-0.25, -0.2) is 4.98 Å². The van der Waals surface area contributed by atoms with E-state index in [1.165, 1.54) is 6.33 Å². The van der Waals surface area contributed by atoms with Gasteiger partial charge in [0.15, 0.2) is 11.2 Å². The number of hydrogen-bond acceptors (Lipinski definition) is 7. The molecule has 2 aromatic heterocycles. The van der Waals surface area contributed by atoms with Gasteiger partial charge in [0.25, 0.3) is 5.56 Å². The van der Waals surface area contributed by atoms with E-state index in [9.17, 15) is 9.59 Å². The van der Waals surface area contributed by atoms with Crippen LogP contribution in [0.2, 0.25) is 0 Å². The van der Waals surface area contributed by atoms with Gasteiger partial charge in [0, 0.05) is 0 Å². The van der Waals surface area contributed by atoms with Crippen LogP contribution < -0.4 is 11.3 Å². The number of hydrogen-bond donors (Lipinski definition) is 2. The number of aromatic nitrogens is 4. The lowest BCUT2D eigenvalue weighted by Gasteiger charge is -2.14. The lowest BCUT2D eigenvalue weighted by molar-refractivity contribution is -0.151. The van der Waals surface area contributed by atoms with E-state index in [1.807, 2.05) is 0 Å². The van der Waals surface area contributed by atoms with E-state index < -0.39 is 5.56 Å². The van der Waals surface area contributed by atoms with Crippen molar-refractivity contribution in [3.63, 3.8) is 0 Å². The van der Waals surface area contributed by atoms with Crippen molar-refractivity contribution in [2.45, 2.75) is 46.3 Å². The first-order chi connectivity index (χ1) is 12.1. The third-order valence-corrected chi connectivity index (χ3v) is 3.80. The summed E-state index contributed by atoms with van der Waals surface area (Å²) in [5.74, 6) is -0.182. The third-order valence-electron chi connectivity index (χ3n) is 3.80.